The Morgan fingerprint density at radius 2 is 1.96 bits per heavy atom. The second kappa shape index (κ2) is 7.66. The fourth-order valence-corrected chi connectivity index (χ4v) is 4.54. The third kappa shape index (κ3) is 3.81. The monoisotopic (exact) mass is 330 g/mol. The number of likely N-dealkylation sites (N-methyl/N-ethyl adjacent to an activating group) is 1. The molecular weight excluding hydrogens is 300 g/mol. The highest BCUT2D eigenvalue weighted by Crippen LogP contribution is 2.45. The fraction of sp³-hybridized carbons (Fsp3) is 0.650. The number of nitrogens with zero attached hydrogens (tertiary/aromatic N) is 2. The second-order valence-corrected chi connectivity index (χ2v) is 7.49. The van der Waals surface area contributed by atoms with Crippen molar-refractivity contribution in [3.63, 3.8) is 0 Å². The summed E-state index contributed by atoms with van der Waals surface area (Å²) in [7, 11) is 0. The van der Waals surface area contributed by atoms with Gasteiger partial charge in [0, 0.05) is 32.6 Å². The van der Waals surface area contributed by atoms with Crippen LogP contribution < -0.4 is 0 Å². The molecule has 0 unspecified atom stereocenters. The van der Waals surface area contributed by atoms with Crippen molar-refractivity contribution >= 4 is 5.91 Å². The van der Waals surface area contributed by atoms with Crippen LogP contribution in [0.2, 0.25) is 0 Å². The summed E-state index contributed by atoms with van der Waals surface area (Å²) in [6.45, 7) is 7.31. The van der Waals surface area contributed by atoms with Crippen molar-refractivity contribution in [3.8, 4) is 0 Å². The van der Waals surface area contributed by atoms with Gasteiger partial charge in [-0.05, 0) is 42.7 Å². The average Bonchev–Trinajstić information content (AvgIpc) is 2.63. The molecule has 4 heteroatoms. The molecule has 4 nitrogen and oxygen atoms in total. The van der Waals surface area contributed by atoms with E-state index in [1.165, 1.54) is 12.0 Å². The highest BCUT2D eigenvalue weighted by molar-refractivity contribution is 5.76. The van der Waals surface area contributed by atoms with E-state index in [-0.39, 0.29) is 18.9 Å². The molecule has 1 amide bonds. The van der Waals surface area contributed by atoms with E-state index in [0.29, 0.717) is 11.3 Å². The van der Waals surface area contributed by atoms with Crippen LogP contribution in [0.15, 0.2) is 30.3 Å². The number of amides is 1. The molecule has 1 aromatic carbocycles. The first-order valence-corrected chi connectivity index (χ1v) is 9.32. The molecule has 2 saturated heterocycles. The zero-order valence-corrected chi connectivity index (χ0v) is 14.8. The summed E-state index contributed by atoms with van der Waals surface area (Å²) in [6.07, 6.45) is 3.67. The number of carbonyl (C=O) groups excluding carboxylic acids is 1. The molecule has 1 atom stereocenters. The molecule has 132 valence electrons. The zero-order chi connectivity index (χ0) is 17.0. The second-order valence-electron chi connectivity index (χ2n) is 7.49. The first-order chi connectivity index (χ1) is 11.7. The van der Waals surface area contributed by atoms with E-state index in [2.05, 4.69) is 42.2 Å². The number of aliphatic hydroxyl groups is 1. The van der Waals surface area contributed by atoms with E-state index in [1.807, 2.05) is 4.90 Å². The van der Waals surface area contributed by atoms with Crippen molar-refractivity contribution < 1.29 is 9.90 Å². The normalized spacial score (nSPS) is 24.2. The molecule has 0 saturated carbocycles. The first kappa shape index (κ1) is 17.4. The maximum Gasteiger partial charge on any atom is 0.224 e. The van der Waals surface area contributed by atoms with Crippen LogP contribution in [0.5, 0.6) is 0 Å². The molecule has 0 radical (unpaired) electrons. The molecule has 24 heavy (non-hydrogen) atoms. The van der Waals surface area contributed by atoms with Crippen molar-refractivity contribution in [3.05, 3.63) is 35.9 Å². The van der Waals surface area contributed by atoms with Crippen LogP contribution in [0.4, 0.5) is 0 Å². The highest BCUT2D eigenvalue weighted by atomic mass is 16.3. The van der Waals surface area contributed by atoms with Crippen molar-refractivity contribution in [2.45, 2.75) is 38.5 Å². The Labute approximate surface area is 145 Å². The number of likely N-dealkylation sites (tertiary alicyclic amines) is 2. The van der Waals surface area contributed by atoms with Crippen molar-refractivity contribution in [1.82, 2.24) is 9.80 Å². The predicted octanol–water partition coefficient (Wildman–Crippen LogP) is 2.49. The van der Waals surface area contributed by atoms with Crippen molar-refractivity contribution in [2.75, 3.05) is 39.3 Å². The number of hydrogen-bond donors (Lipinski definition) is 1. The number of rotatable bonds is 4. The molecule has 2 heterocycles. The average molecular weight is 330 g/mol. The lowest BCUT2D eigenvalue weighted by Gasteiger charge is -2.50. The van der Waals surface area contributed by atoms with Gasteiger partial charge in [-0.2, -0.15) is 0 Å². The molecule has 2 aliphatic heterocycles. The molecule has 0 bridgehead atoms. The maximum atomic E-state index is 12.0. The topological polar surface area (TPSA) is 43.8 Å². The van der Waals surface area contributed by atoms with Gasteiger partial charge in [-0.15, -0.1) is 0 Å². The van der Waals surface area contributed by atoms with E-state index >= 15 is 0 Å². The molecule has 1 N–H and O–H groups in total. The first-order valence-electron chi connectivity index (χ1n) is 9.32. The van der Waals surface area contributed by atoms with Gasteiger partial charge in [-0.25, -0.2) is 0 Å². The van der Waals surface area contributed by atoms with Gasteiger partial charge in [-0.3, -0.25) is 4.79 Å². The Balaban J connectivity index is 1.69. The molecule has 0 aromatic heterocycles. The van der Waals surface area contributed by atoms with Gasteiger partial charge in [0.25, 0.3) is 0 Å². The van der Waals surface area contributed by atoms with Gasteiger partial charge in [-0.1, -0.05) is 37.3 Å². The Morgan fingerprint density at radius 1 is 1.25 bits per heavy atom. The Kier molecular flexibility index (Phi) is 5.57. The summed E-state index contributed by atoms with van der Waals surface area (Å²) >= 11 is 0. The summed E-state index contributed by atoms with van der Waals surface area (Å²) < 4.78 is 0. The van der Waals surface area contributed by atoms with E-state index in [1.54, 1.807) is 0 Å². The quantitative estimate of drug-likeness (QED) is 0.922. The number of aliphatic hydroxyl groups excluding tert-OH is 1. The van der Waals surface area contributed by atoms with E-state index < -0.39 is 0 Å². The van der Waals surface area contributed by atoms with Gasteiger partial charge in [0.05, 0.1) is 6.61 Å². The lowest BCUT2D eigenvalue weighted by molar-refractivity contribution is -0.135. The van der Waals surface area contributed by atoms with Crippen LogP contribution in [-0.4, -0.2) is 60.1 Å². The summed E-state index contributed by atoms with van der Waals surface area (Å²) in [5.74, 6) is 0.703. The smallest absolute Gasteiger partial charge is 0.224 e. The van der Waals surface area contributed by atoms with Crippen LogP contribution in [0.25, 0.3) is 0 Å². The van der Waals surface area contributed by atoms with E-state index in [0.717, 1.165) is 45.6 Å². The van der Waals surface area contributed by atoms with Crippen LogP contribution in [0.3, 0.4) is 0 Å². The fourth-order valence-electron chi connectivity index (χ4n) is 4.54. The van der Waals surface area contributed by atoms with Gasteiger partial charge in [0.15, 0.2) is 0 Å². The molecule has 2 aliphatic rings. The number of piperidine rings is 2. The third-order valence-corrected chi connectivity index (χ3v) is 5.94. The third-order valence-electron chi connectivity index (χ3n) is 5.94. The minimum atomic E-state index is -0.0415. The minimum Gasteiger partial charge on any atom is -0.396 e. The van der Waals surface area contributed by atoms with Crippen molar-refractivity contribution in [1.29, 1.82) is 0 Å². The lowest BCUT2D eigenvalue weighted by Crippen LogP contribution is -2.52. The van der Waals surface area contributed by atoms with E-state index in [4.69, 9.17) is 5.11 Å². The summed E-state index contributed by atoms with van der Waals surface area (Å²) in [6, 6.07) is 10.9. The van der Waals surface area contributed by atoms with Crippen LogP contribution >= 0.6 is 0 Å². The van der Waals surface area contributed by atoms with Crippen molar-refractivity contribution in [2.24, 2.45) is 5.41 Å². The van der Waals surface area contributed by atoms with Gasteiger partial charge in [0.2, 0.25) is 5.91 Å². The van der Waals surface area contributed by atoms with Gasteiger partial charge in [0.1, 0.15) is 0 Å². The SMILES string of the molecule is CCN1C[C@@H](c2ccccc2)CC2(CCN(C(=O)CCO)CC2)C1. The summed E-state index contributed by atoms with van der Waals surface area (Å²) in [5, 5.41) is 8.98. The lowest BCUT2D eigenvalue weighted by atomic mass is 9.68. The molecule has 1 aromatic rings. The van der Waals surface area contributed by atoms with Crippen LogP contribution in [0.1, 0.15) is 44.1 Å². The van der Waals surface area contributed by atoms with Crippen LogP contribution in [0, 0.1) is 5.41 Å². The molecular formula is C20H30N2O2. The minimum absolute atomic E-state index is 0.0415. The Hall–Kier alpha value is -1.39. The largest absolute Gasteiger partial charge is 0.396 e. The maximum absolute atomic E-state index is 12.0. The molecule has 3 rings (SSSR count). The Bertz CT molecular complexity index is 538. The standard InChI is InChI=1S/C20H30N2O2/c1-2-21-15-18(17-6-4-3-5-7-17)14-20(16-21)9-11-22(12-10-20)19(24)8-13-23/h3-7,18,23H,2,8-16H2,1H3/t18-/m0/s1. The summed E-state index contributed by atoms with van der Waals surface area (Å²) in [5.41, 5.74) is 1.79. The number of hydrogen-bond acceptors (Lipinski definition) is 3. The van der Waals surface area contributed by atoms with E-state index in [9.17, 15) is 4.79 Å². The molecule has 2 fully saturated rings. The predicted molar refractivity (Wildman–Crippen MR) is 95.9 cm³/mol. The zero-order valence-electron chi connectivity index (χ0n) is 14.8. The number of carbonyl (C=O) groups is 1. The highest BCUT2D eigenvalue weighted by Gasteiger charge is 2.42. The number of benzene rings is 1. The van der Waals surface area contributed by atoms with Crippen LogP contribution in [-0.2, 0) is 4.79 Å². The van der Waals surface area contributed by atoms with Gasteiger partial charge < -0.3 is 14.9 Å². The molecule has 1 spiro atoms. The Morgan fingerprint density at radius 3 is 2.58 bits per heavy atom. The summed E-state index contributed by atoms with van der Waals surface area (Å²) in [4.78, 5) is 16.6. The van der Waals surface area contributed by atoms with Gasteiger partial charge >= 0.3 is 0 Å². The molecule has 0 aliphatic carbocycles.